The summed E-state index contributed by atoms with van der Waals surface area (Å²) in [6, 6.07) is 2.02. The quantitative estimate of drug-likeness (QED) is 0.532. The average molecular weight is 456 g/mol. The molecular weight excluding hydrogens is 432 g/mol. The van der Waals surface area contributed by atoms with Gasteiger partial charge in [-0.15, -0.1) is 0 Å². The molecule has 1 aromatic heterocycles. The molecule has 1 saturated carbocycles. The topological polar surface area (TPSA) is 53.3 Å². The van der Waals surface area contributed by atoms with E-state index in [-0.39, 0.29) is 12.2 Å². The van der Waals surface area contributed by atoms with Gasteiger partial charge in [0.05, 0.1) is 18.3 Å². The van der Waals surface area contributed by atoms with E-state index in [9.17, 15) is 4.79 Å². The first-order valence-electron chi connectivity index (χ1n) is 9.72. The Labute approximate surface area is 172 Å². The fourth-order valence-corrected chi connectivity index (χ4v) is 5.34. The van der Waals surface area contributed by atoms with Crippen LogP contribution in [0.2, 0.25) is 5.02 Å². The van der Waals surface area contributed by atoms with Gasteiger partial charge in [-0.3, -0.25) is 4.79 Å². The highest BCUT2D eigenvalue weighted by molar-refractivity contribution is 9.10. The molecule has 2 fully saturated rings. The summed E-state index contributed by atoms with van der Waals surface area (Å²) in [5.41, 5.74) is 2.15. The van der Waals surface area contributed by atoms with E-state index in [0.29, 0.717) is 24.9 Å². The predicted molar refractivity (Wildman–Crippen MR) is 108 cm³/mol. The maximum Gasteiger partial charge on any atom is 0.305 e. The highest BCUT2D eigenvalue weighted by atomic mass is 79.9. The minimum atomic E-state index is -0.113. The summed E-state index contributed by atoms with van der Waals surface area (Å²) >= 11 is 10.5. The maximum absolute atomic E-state index is 11.6. The van der Waals surface area contributed by atoms with E-state index in [1.807, 2.05) is 23.9 Å². The second-order valence-corrected chi connectivity index (χ2v) is 8.58. The number of benzene rings is 1. The van der Waals surface area contributed by atoms with Crippen molar-refractivity contribution in [3.63, 3.8) is 0 Å². The number of esters is 1. The van der Waals surface area contributed by atoms with Gasteiger partial charge in [0.25, 0.3) is 0 Å². The SMILES string of the molecule is CCOC(=O)CC[C@@H]1C[C@@H]1c1c(Cl)cc2c(cnn2[C@H]2CCCCO2)c1Br. The first kappa shape index (κ1) is 19.2. The van der Waals surface area contributed by atoms with Gasteiger partial charge in [-0.25, -0.2) is 4.68 Å². The molecule has 3 atom stereocenters. The highest BCUT2D eigenvalue weighted by Gasteiger charge is 2.41. The molecule has 1 aromatic carbocycles. The summed E-state index contributed by atoms with van der Waals surface area (Å²) < 4.78 is 13.9. The van der Waals surface area contributed by atoms with Gasteiger partial charge in [0, 0.05) is 27.9 Å². The Morgan fingerprint density at radius 3 is 3.07 bits per heavy atom. The monoisotopic (exact) mass is 454 g/mol. The largest absolute Gasteiger partial charge is 0.466 e. The van der Waals surface area contributed by atoms with Crippen LogP contribution in [0.1, 0.15) is 63.2 Å². The second kappa shape index (κ2) is 8.10. The lowest BCUT2D eigenvalue weighted by atomic mass is 10.0. The van der Waals surface area contributed by atoms with Crippen LogP contribution in [-0.2, 0) is 14.3 Å². The number of rotatable bonds is 6. The number of ether oxygens (including phenoxy) is 2. The zero-order valence-corrected chi connectivity index (χ0v) is 17.8. The zero-order chi connectivity index (χ0) is 19.0. The number of halogens is 2. The smallest absolute Gasteiger partial charge is 0.305 e. The third-order valence-electron chi connectivity index (χ3n) is 5.57. The molecule has 2 aromatic rings. The van der Waals surface area contributed by atoms with Crippen LogP contribution >= 0.6 is 27.5 Å². The third kappa shape index (κ3) is 3.89. The van der Waals surface area contributed by atoms with Crippen molar-refractivity contribution in [2.24, 2.45) is 5.92 Å². The number of carbonyl (C=O) groups excluding carboxylic acids is 1. The predicted octanol–water partition coefficient (Wildman–Crippen LogP) is 5.60. The molecule has 2 heterocycles. The first-order valence-corrected chi connectivity index (χ1v) is 10.9. The molecule has 27 heavy (non-hydrogen) atoms. The van der Waals surface area contributed by atoms with Crippen molar-refractivity contribution in [3.8, 4) is 0 Å². The van der Waals surface area contributed by atoms with E-state index < -0.39 is 0 Å². The van der Waals surface area contributed by atoms with Crippen LogP contribution < -0.4 is 0 Å². The van der Waals surface area contributed by atoms with Gasteiger partial charge in [0.2, 0.25) is 0 Å². The minimum absolute atomic E-state index is 0.0108. The highest BCUT2D eigenvalue weighted by Crippen LogP contribution is 2.55. The van der Waals surface area contributed by atoms with Crippen LogP contribution in [0.3, 0.4) is 0 Å². The third-order valence-corrected chi connectivity index (χ3v) is 6.74. The van der Waals surface area contributed by atoms with Crippen molar-refractivity contribution in [2.75, 3.05) is 13.2 Å². The molecule has 1 aliphatic heterocycles. The summed E-state index contributed by atoms with van der Waals surface area (Å²) in [4.78, 5) is 11.6. The minimum Gasteiger partial charge on any atom is -0.466 e. The lowest BCUT2D eigenvalue weighted by Gasteiger charge is -2.23. The Morgan fingerprint density at radius 2 is 2.33 bits per heavy atom. The van der Waals surface area contributed by atoms with Gasteiger partial charge >= 0.3 is 5.97 Å². The van der Waals surface area contributed by atoms with Gasteiger partial charge in [-0.2, -0.15) is 5.10 Å². The van der Waals surface area contributed by atoms with E-state index in [1.54, 1.807) is 0 Å². The molecule has 4 rings (SSSR count). The van der Waals surface area contributed by atoms with Gasteiger partial charge in [-0.1, -0.05) is 11.6 Å². The van der Waals surface area contributed by atoms with E-state index in [1.165, 1.54) is 0 Å². The molecule has 0 N–H and O–H groups in total. The Balaban J connectivity index is 1.54. The maximum atomic E-state index is 11.6. The van der Waals surface area contributed by atoms with Gasteiger partial charge in [0.15, 0.2) is 6.23 Å². The number of carbonyl (C=O) groups is 1. The Hall–Kier alpha value is -1.11. The van der Waals surface area contributed by atoms with Gasteiger partial charge in [0.1, 0.15) is 0 Å². The molecule has 7 heteroatoms. The van der Waals surface area contributed by atoms with Crippen molar-refractivity contribution in [2.45, 2.75) is 57.6 Å². The number of hydrogen-bond acceptors (Lipinski definition) is 4. The van der Waals surface area contributed by atoms with Crippen molar-refractivity contribution in [1.29, 1.82) is 0 Å². The fraction of sp³-hybridized carbons (Fsp3) is 0.600. The van der Waals surface area contributed by atoms with E-state index >= 15 is 0 Å². The average Bonchev–Trinajstić information content (AvgIpc) is 3.29. The van der Waals surface area contributed by atoms with Crippen LogP contribution in [0, 0.1) is 5.92 Å². The van der Waals surface area contributed by atoms with E-state index in [4.69, 9.17) is 21.1 Å². The lowest BCUT2D eigenvalue weighted by molar-refractivity contribution is -0.143. The van der Waals surface area contributed by atoms with Gasteiger partial charge in [-0.05, 0) is 78.4 Å². The van der Waals surface area contributed by atoms with Crippen molar-refractivity contribution in [1.82, 2.24) is 9.78 Å². The van der Waals surface area contributed by atoms with Crippen LogP contribution in [0.15, 0.2) is 16.7 Å². The molecule has 1 saturated heterocycles. The first-order chi connectivity index (χ1) is 13.1. The Bertz CT molecular complexity index is 847. The van der Waals surface area contributed by atoms with Gasteiger partial charge < -0.3 is 9.47 Å². The Morgan fingerprint density at radius 1 is 1.48 bits per heavy atom. The number of aromatic nitrogens is 2. The summed E-state index contributed by atoms with van der Waals surface area (Å²) in [5, 5.41) is 6.41. The molecule has 2 aliphatic rings. The number of hydrogen-bond donors (Lipinski definition) is 0. The molecule has 146 valence electrons. The van der Waals surface area contributed by atoms with Crippen molar-refractivity contribution in [3.05, 3.63) is 27.3 Å². The normalized spacial score (nSPS) is 24.9. The lowest BCUT2D eigenvalue weighted by Crippen LogP contribution is -2.18. The summed E-state index contributed by atoms with van der Waals surface area (Å²) in [7, 11) is 0. The van der Waals surface area contributed by atoms with Crippen LogP contribution in [0.4, 0.5) is 0 Å². The van der Waals surface area contributed by atoms with E-state index in [2.05, 4.69) is 21.0 Å². The van der Waals surface area contributed by atoms with Crippen LogP contribution in [0.25, 0.3) is 10.9 Å². The Kier molecular flexibility index (Phi) is 5.76. The summed E-state index contributed by atoms with van der Waals surface area (Å²) in [6.45, 7) is 3.06. The molecule has 0 amide bonds. The molecular formula is C20H24BrClN2O3. The van der Waals surface area contributed by atoms with Crippen molar-refractivity contribution >= 4 is 44.4 Å². The molecule has 0 unspecified atom stereocenters. The molecule has 5 nitrogen and oxygen atoms in total. The summed E-state index contributed by atoms with van der Waals surface area (Å²) in [6.07, 6.45) is 7.51. The molecule has 0 radical (unpaired) electrons. The number of nitrogens with zero attached hydrogens (tertiary/aromatic N) is 2. The van der Waals surface area contributed by atoms with E-state index in [0.717, 1.165) is 64.7 Å². The summed E-state index contributed by atoms with van der Waals surface area (Å²) in [5.74, 6) is 0.759. The molecule has 1 aliphatic carbocycles. The molecule has 0 spiro atoms. The number of fused-ring (bicyclic) bond motifs is 1. The van der Waals surface area contributed by atoms with Crippen molar-refractivity contribution < 1.29 is 14.3 Å². The fourth-order valence-electron chi connectivity index (χ4n) is 4.07. The van der Waals surface area contributed by atoms with Crippen LogP contribution in [0.5, 0.6) is 0 Å². The zero-order valence-electron chi connectivity index (χ0n) is 15.4. The standard InChI is InChI=1S/C20H24BrClN2O3/c1-2-26-18(25)7-6-12-9-13(12)19-15(22)10-16-14(20(19)21)11-23-24(16)17-5-3-4-8-27-17/h10-13,17H,2-9H2,1H3/t12-,13+,17-/m1/s1. The molecule has 0 bridgehead atoms. The second-order valence-electron chi connectivity index (χ2n) is 7.38. The van der Waals surface area contributed by atoms with Crippen LogP contribution in [-0.4, -0.2) is 29.0 Å².